The van der Waals surface area contributed by atoms with Crippen molar-refractivity contribution in [2.24, 2.45) is 0 Å². The summed E-state index contributed by atoms with van der Waals surface area (Å²) in [5.41, 5.74) is 3.30. The first kappa shape index (κ1) is 23.0. The predicted molar refractivity (Wildman–Crippen MR) is 143 cm³/mol. The molecule has 0 bridgehead atoms. The lowest BCUT2D eigenvalue weighted by molar-refractivity contribution is -0.122. The third-order valence-electron chi connectivity index (χ3n) is 5.60. The average molecular weight is 500 g/mol. The highest BCUT2D eigenvalue weighted by Gasteiger charge is 2.33. The van der Waals surface area contributed by atoms with Crippen molar-refractivity contribution in [2.45, 2.75) is 20.4 Å². The van der Waals surface area contributed by atoms with E-state index in [4.69, 9.17) is 17.0 Å². The fourth-order valence-corrected chi connectivity index (χ4v) is 5.07. The molecule has 0 aliphatic carbocycles. The maximum Gasteiger partial charge on any atom is 0.269 e. The molecule has 6 nitrogen and oxygen atoms in total. The molecule has 0 atom stereocenters. The Morgan fingerprint density at radius 2 is 1.80 bits per heavy atom. The number of hydrogen-bond acceptors (Lipinski definition) is 6. The van der Waals surface area contributed by atoms with Crippen molar-refractivity contribution in [3.8, 4) is 11.6 Å². The van der Waals surface area contributed by atoms with Gasteiger partial charge in [0.1, 0.15) is 21.3 Å². The Balaban J connectivity index is 1.58. The number of amides is 1. The molecular formula is C27H21N3O3S2. The van der Waals surface area contributed by atoms with Gasteiger partial charge in [-0.2, -0.15) is 4.98 Å². The third kappa shape index (κ3) is 4.62. The number of hydrogen-bond donors (Lipinski definition) is 0. The Morgan fingerprint density at radius 3 is 2.57 bits per heavy atom. The van der Waals surface area contributed by atoms with Crippen LogP contribution in [0.3, 0.4) is 0 Å². The fourth-order valence-electron chi connectivity index (χ4n) is 3.84. The van der Waals surface area contributed by atoms with Crippen LogP contribution in [0.5, 0.6) is 11.6 Å². The van der Waals surface area contributed by atoms with E-state index < -0.39 is 0 Å². The van der Waals surface area contributed by atoms with Crippen molar-refractivity contribution in [3.05, 3.63) is 110 Å². The molecule has 1 aliphatic rings. The quantitative estimate of drug-likeness (QED) is 0.267. The highest BCUT2D eigenvalue weighted by molar-refractivity contribution is 8.26. The summed E-state index contributed by atoms with van der Waals surface area (Å²) in [5, 5.41) is 0. The van der Waals surface area contributed by atoms with E-state index in [9.17, 15) is 9.59 Å². The number of thiocarbonyl (C=S) groups is 1. The van der Waals surface area contributed by atoms with Crippen LogP contribution in [-0.2, 0) is 11.3 Å². The summed E-state index contributed by atoms with van der Waals surface area (Å²) >= 11 is 6.65. The van der Waals surface area contributed by atoms with Crippen molar-refractivity contribution in [1.82, 2.24) is 14.3 Å². The van der Waals surface area contributed by atoms with Gasteiger partial charge in [0.25, 0.3) is 11.5 Å². The molecular weight excluding hydrogens is 478 g/mol. The maximum atomic E-state index is 13.5. The molecule has 35 heavy (non-hydrogen) atoms. The first-order valence-electron chi connectivity index (χ1n) is 11.0. The number of benzene rings is 2. The number of aromatic nitrogens is 2. The molecule has 5 rings (SSSR count). The molecule has 0 N–H and O–H groups in total. The van der Waals surface area contributed by atoms with E-state index in [1.165, 1.54) is 27.1 Å². The number of rotatable bonds is 5. The second-order valence-corrected chi connectivity index (χ2v) is 9.86. The molecule has 1 saturated heterocycles. The number of aryl methyl sites for hydroxylation is 2. The molecule has 2 aromatic carbocycles. The topological polar surface area (TPSA) is 63.9 Å². The Labute approximate surface area is 211 Å². The molecule has 0 unspecified atom stereocenters. The Morgan fingerprint density at radius 1 is 1.03 bits per heavy atom. The van der Waals surface area contributed by atoms with E-state index in [0.717, 1.165) is 16.7 Å². The summed E-state index contributed by atoms with van der Waals surface area (Å²) in [6.45, 7) is 4.30. The number of pyridine rings is 1. The number of carbonyl (C=O) groups excluding carboxylic acids is 1. The average Bonchev–Trinajstić information content (AvgIpc) is 3.11. The lowest BCUT2D eigenvalue weighted by Gasteiger charge is -2.14. The van der Waals surface area contributed by atoms with Gasteiger partial charge in [0.2, 0.25) is 5.88 Å². The second-order valence-electron chi connectivity index (χ2n) is 8.19. The largest absolute Gasteiger partial charge is 0.438 e. The summed E-state index contributed by atoms with van der Waals surface area (Å²) in [6, 6.07) is 20.7. The summed E-state index contributed by atoms with van der Waals surface area (Å²) < 4.78 is 8.02. The molecule has 1 aliphatic heterocycles. The predicted octanol–water partition coefficient (Wildman–Crippen LogP) is 5.51. The van der Waals surface area contributed by atoms with Crippen LogP contribution in [0.1, 0.15) is 22.3 Å². The SMILES string of the molecule is Cc1ccc(Oc2nc3ccccn3c(=O)c2/C=C2/SC(=S)N(Cc3ccccc3)C2=O)c(C)c1. The number of ether oxygens (including phenoxy) is 1. The van der Waals surface area contributed by atoms with E-state index in [1.807, 2.05) is 62.4 Å². The van der Waals surface area contributed by atoms with Gasteiger partial charge in [-0.15, -0.1) is 0 Å². The van der Waals surface area contributed by atoms with E-state index >= 15 is 0 Å². The van der Waals surface area contributed by atoms with Crippen molar-refractivity contribution in [2.75, 3.05) is 0 Å². The van der Waals surface area contributed by atoms with Crippen LogP contribution in [0.25, 0.3) is 11.7 Å². The van der Waals surface area contributed by atoms with Crippen molar-refractivity contribution in [1.29, 1.82) is 0 Å². The number of nitrogens with zero attached hydrogens (tertiary/aromatic N) is 3. The van der Waals surface area contributed by atoms with Crippen LogP contribution in [0, 0.1) is 13.8 Å². The first-order chi connectivity index (χ1) is 16.9. The molecule has 1 amide bonds. The van der Waals surface area contributed by atoms with Crippen LogP contribution in [0.2, 0.25) is 0 Å². The van der Waals surface area contributed by atoms with Gasteiger partial charge in [0.05, 0.1) is 11.4 Å². The maximum absolute atomic E-state index is 13.5. The number of carbonyl (C=O) groups is 1. The minimum absolute atomic E-state index is 0.140. The van der Waals surface area contributed by atoms with Crippen molar-refractivity contribution >= 4 is 45.9 Å². The fraction of sp³-hybridized carbons (Fsp3) is 0.111. The normalized spacial score (nSPS) is 14.8. The Kier molecular flexibility index (Phi) is 6.23. The Hall–Kier alpha value is -3.75. The number of fused-ring (bicyclic) bond motifs is 1. The van der Waals surface area contributed by atoms with Crippen LogP contribution >= 0.6 is 24.0 Å². The minimum atomic E-state index is -0.330. The molecule has 174 valence electrons. The molecule has 8 heteroatoms. The summed E-state index contributed by atoms with van der Waals surface area (Å²) in [6.07, 6.45) is 3.18. The smallest absolute Gasteiger partial charge is 0.269 e. The van der Waals surface area contributed by atoms with E-state index in [0.29, 0.717) is 27.2 Å². The van der Waals surface area contributed by atoms with Crippen LogP contribution in [0.4, 0.5) is 0 Å². The van der Waals surface area contributed by atoms with Gasteiger partial charge < -0.3 is 4.74 Å². The van der Waals surface area contributed by atoms with Gasteiger partial charge >= 0.3 is 0 Å². The van der Waals surface area contributed by atoms with E-state index in [2.05, 4.69) is 4.98 Å². The lowest BCUT2D eigenvalue weighted by Crippen LogP contribution is -2.27. The lowest BCUT2D eigenvalue weighted by atomic mass is 10.1. The molecule has 3 heterocycles. The highest BCUT2D eigenvalue weighted by atomic mass is 32.2. The minimum Gasteiger partial charge on any atom is -0.438 e. The number of thioether (sulfide) groups is 1. The van der Waals surface area contributed by atoms with Crippen molar-refractivity contribution < 1.29 is 9.53 Å². The van der Waals surface area contributed by atoms with Gasteiger partial charge in [0.15, 0.2) is 0 Å². The second kappa shape index (κ2) is 9.48. The van der Waals surface area contributed by atoms with Crippen molar-refractivity contribution in [3.63, 3.8) is 0 Å². The highest BCUT2D eigenvalue weighted by Crippen LogP contribution is 2.35. The zero-order valence-electron chi connectivity index (χ0n) is 19.1. The van der Waals surface area contributed by atoms with Crippen LogP contribution in [0.15, 0.2) is 82.6 Å². The molecule has 2 aromatic heterocycles. The zero-order valence-corrected chi connectivity index (χ0v) is 20.7. The Bertz CT molecular complexity index is 1560. The molecule has 0 radical (unpaired) electrons. The standard InChI is InChI=1S/C27H21N3O3S2/c1-17-11-12-21(18(2)14-17)33-24-20(25(31)29-13-7-6-10-23(29)28-24)15-22-26(32)30(27(34)35-22)16-19-8-4-3-5-9-19/h3-15H,16H2,1-2H3/b22-15+. The summed E-state index contributed by atoms with van der Waals surface area (Å²) in [4.78, 5) is 33.2. The molecule has 1 fully saturated rings. The van der Waals surface area contributed by atoms with Crippen LogP contribution < -0.4 is 10.3 Å². The van der Waals surface area contributed by atoms with E-state index in [1.54, 1.807) is 24.4 Å². The molecule has 0 saturated carbocycles. The summed E-state index contributed by atoms with van der Waals surface area (Å²) in [7, 11) is 0. The van der Waals surface area contributed by atoms with Gasteiger partial charge in [-0.3, -0.25) is 18.9 Å². The first-order valence-corrected chi connectivity index (χ1v) is 12.2. The monoisotopic (exact) mass is 499 g/mol. The van der Waals surface area contributed by atoms with Crippen LogP contribution in [-0.4, -0.2) is 24.5 Å². The van der Waals surface area contributed by atoms with Gasteiger partial charge in [0, 0.05) is 6.20 Å². The van der Waals surface area contributed by atoms with Gasteiger partial charge in [-0.05, 0) is 49.2 Å². The zero-order chi connectivity index (χ0) is 24.5. The molecule has 0 spiro atoms. The summed E-state index contributed by atoms with van der Waals surface area (Å²) in [5.74, 6) is 0.481. The van der Waals surface area contributed by atoms with Gasteiger partial charge in [-0.1, -0.05) is 78.1 Å². The van der Waals surface area contributed by atoms with Gasteiger partial charge in [-0.25, -0.2) is 0 Å². The van der Waals surface area contributed by atoms with E-state index in [-0.39, 0.29) is 22.9 Å². The molecule has 4 aromatic rings. The third-order valence-corrected chi connectivity index (χ3v) is 6.98.